The van der Waals surface area contributed by atoms with Gasteiger partial charge in [-0.2, -0.15) is 0 Å². The molecule has 0 aliphatic carbocycles. The second-order valence-corrected chi connectivity index (χ2v) is 5.70. The molecular formula is C13H15ClN2S. The van der Waals surface area contributed by atoms with Gasteiger partial charge in [-0.3, -0.25) is 0 Å². The highest BCUT2D eigenvalue weighted by atomic mass is 35.5. The molecule has 0 spiro atoms. The molecule has 2 nitrogen and oxygen atoms in total. The van der Waals surface area contributed by atoms with Crippen molar-refractivity contribution in [1.29, 1.82) is 0 Å². The first-order chi connectivity index (χ1) is 8.11. The van der Waals surface area contributed by atoms with Crippen molar-refractivity contribution < 1.29 is 0 Å². The van der Waals surface area contributed by atoms with E-state index in [0.29, 0.717) is 6.54 Å². The van der Waals surface area contributed by atoms with Crippen molar-refractivity contribution in [2.24, 2.45) is 5.73 Å². The molecule has 0 aliphatic rings. The summed E-state index contributed by atoms with van der Waals surface area (Å²) in [5.74, 6) is 0. The molecule has 1 heterocycles. The van der Waals surface area contributed by atoms with Crippen molar-refractivity contribution in [3.05, 3.63) is 39.4 Å². The molecule has 0 unspecified atom stereocenters. The van der Waals surface area contributed by atoms with Crippen molar-refractivity contribution in [2.45, 2.75) is 20.3 Å². The molecule has 1 aromatic carbocycles. The van der Waals surface area contributed by atoms with Gasteiger partial charge < -0.3 is 5.73 Å². The molecule has 0 amide bonds. The Labute approximate surface area is 110 Å². The first-order valence-corrected chi connectivity index (χ1v) is 6.74. The van der Waals surface area contributed by atoms with Gasteiger partial charge in [0.05, 0.1) is 5.69 Å². The van der Waals surface area contributed by atoms with E-state index in [1.807, 2.05) is 0 Å². The first-order valence-electron chi connectivity index (χ1n) is 5.54. The highest BCUT2D eigenvalue weighted by Gasteiger charge is 2.12. The van der Waals surface area contributed by atoms with Crippen molar-refractivity contribution >= 4 is 22.9 Å². The molecule has 1 aromatic heterocycles. The fourth-order valence-corrected chi connectivity index (χ4v) is 2.98. The Kier molecular flexibility index (Phi) is 3.82. The monoisotopic (exact) mass is 266 g/mol. The summed E-state index contributed by atoms with van der Waals surface area (Å²) in [4.78, 5) is 4.58. The van der Waals surface area contributed by atoms with E-state index < -0.39 is 0 Å². The maximum atomic E-state index is 6.17. The average Bonchev–Trinajstić information content (AvgIpc) is 2.64. The number of rotatable bonds is 3. The highest BCUT2D eigenvalue weighted by Crippen LogP contribution is 2.33. The van der Waals surface area contributed by atoms with Gasteiger partial charge in [-0.05, 0) is 32.0 Å². The van der Waals surface area contributed by atoms with Crippen LogP contribution in [-0.2, 0) is 6.42 Å². The topological polar surface area (TPSA) is 38.9 Å². The lowest BCUT2D eigenvalue weighted by Gasteiger charge is -2.03. The predicted octanol–water partition coefficient (Wildman–Crippen LogP) is 3.58. The highest BCUT2D eigenvalue weighted by molar-refractivity contribution is 7.19. The molecule has 0 bridgehead atoms. The zero-order valence-corrected chi connectivity index (χ0v) is 11.5. The van der Waals surface area contributed by atoms with Gasteiger partial charge in [0.2, 0.25) is 0 Å². The normalized spacial score (nSPS) is 10.8. The summed E-state index contributed by atoms with van der Waals surface area (Å²) in [6.45, 7) is 4.75. The minimum atomic E-state index is 0.579. The van der Waals surface area contributed by atoms with Crippen molar-refractivity contribution in [2.75, 3.05) is 6.54 Å². The summed E-state index contributed by atoms with van der Waals surface area (Å²) in [7, 11) is 0. The number of benzene rings is 1. The SMILES string of the molecule is Cc1ccc(C)c(-c2nc(CCN)c(Cl)s2)c1. The summed E-state index contributed by atoms with van der Waals surface area (Å²) < 4.78 is 0.756. The van der Waals surface area contributed by atoms with Crippen LogP contribution in [0.15, 0.2) is 18.2 Å². The van der Waals surface area contributed by atoms with E-state index in [4.69, 9.17) is 17.3 Å². The van der Waals surface area contributed by atoms with E-state index in [1.165, 1.54) is 28.0 Å². The fraction of sp³-hybridized carbons (Fsp3) is 0.308. The minimum Gasteiger partial charge on any atom is -0.330 e. The number of nitrogens with two attached hydrogens (primary N) is 1. The van der Waals surface area contributed by atoms with E-state index in [1.54, 1.807) is 0 Å². The van der Waals surface area contributed by atoms with Crippen LogP contribution in [0.2, 0.25) is 4.34 Å². The Bertz CT molecular complexity index is 534. The van der Waals surface area contributed by atoms with E-state index >= 15 is 0 Å². The van der Waals surface area contributed by atoms with Gasteiger partial charge in [-0.25, -0.2) is 4.98 Å². The molecule has 4 heteroatoms. The van der Waals surface area contributed by atoms with Crippen LogP contribution in [0.25, 0.3) is 10.6 Å². The first kappa shape index (κ1) is 12.6. The summed E-state index contributed by atoms with van der Waals surface area (Å²) in [5, 5.41) is 0.986. The quantitative estimate of drug-likeness (QED) is 0.922. The van der Waals surface area contributed by atoms with Crippen molar-refractivity contribution in [3.8, 4) is 10.6 Å². The van der Waals surface area contributed by atoms with E-state index in [-0.39, 0.29) is 0 Å². The predicted molar refractivity (Wildman–Crippen MR) is 74.8 cm³/mol. The molecule has 0 atom stereocenters. The lowest BCUT2D eigenvalue weighted by molar-refractivity contribution is 0.936. The average molecular weight is 267 g/mol. The van der Waals surface area contributed by atoms with Crippen LogP contribution in [0, 0.1) is 13.8 Å². The van der Waals surface area contributed by atoms with E-state index in [2.05, 4.69) is 37.0 Å². The third-order valence-electron chi connectivity index (χ3n) is 2.65. The number of halogens is 1. The number of aryl methyl sites for hydroxylation is 2. The van der Waals surface area contributed by atoms with Crippen molar-refractivity contribution in [1.82, 2.24) is 4.98 Å². The smallest absolute Gasteiger partial charge is 0.125 e. The molecule has 0 fully saturated rings. The molecule has 0 aliphatic heterocycles. The van der Waals surface area contributed by atoms with Crippen LogP contribution >= 0.6 is 22.9 Å². The second kappa shape index (κ2) is 5.17. The van der Waals surface area contributed by atoms with Gasteiger partial charge in [0, 0.05) is 12.0 Å². The van der Waals surface area contributed by atoms with Gasteiger partial charge >= 0.3 is 0 Å². The molecule has 2 aromatic rings. The van der Waals surface area contributed by atoms with Crippen LogP contribution in [-0.4, -0.2) is 11.5 Å². The summed E-state index contributed by atoms with van der Waals surface area (Å²) in [6, 6.07) is 6.37. The van der Waals surface area contributed by atoms with Gasteiger partial charge in [0.15, 0.2) is 0 Å². The Hall–Kier alpha value is -0.900. The molecule has 90 valence electrons. The molecule has 17 heavy (non-hydrogen) atoms. The molecular weight excluding hydrogens is 252 g/mol. The third-order valence-corrected chi connectivity index (χ3v) is 4.02. The summed E-state index contributed by atoms with van der Waals surface area (Å²) in [6.07, 6.45) is 0.736. The van der Waals surface area contributed by atoms with E-state index in [0.717, 1.165) is 21.5 Å². The second-order valence-electron chi connectivity index (χ2n) is 4.10. The molecule has 0 radical (unpaired) electrons. The molecule has 2 rings (SSSR count). The number of nitrogens with zero attached hydrogens (tertiary/aromatic N) is 1. The van der Waals surface area contributed by atoms with Gasteiger partial charge in [-0.15, -0.1) is 11.3 Å². The lowest BCUT2D eigenvalue weighted by Crippen LogP contribution is -2.03. The number of hydrogen-bond acceptors (Lipinski definition) is 3. The standard InChI is InChI=1S/C13H15ClN2S/c1-8-3-4-9(2)10(7-8)13-16-11(5-6-15)12(14)17-13/h3-4,7H,5-6,15H2,1-2H3. The third kappa shape index (κ3) is 2.68. The van der Waals surface area contributed by atoms with Crippen molar-refractivity contribution in [3.63, 3.8) is 0 Å². The maximum absolute atomic E-state index is 6.17. The summed E-state index contributed by atoms with van der Waals surface area (Å²) >= 11 is 7.70. The maximum Gasteiger partial charge on any atom is 0.125 e. The van der Waals surface area contributed by atoms with Crippen LogP contribution in [0.3, 0.4) is 0 Å². The number of thiazole rings is 1. The number of aromatic nitrogens is 1. The Balaban J connectivity index is 2.45. The van der Waals surface area contributed by atoms with Gasteiger partial charge in [-0.1, -0.05) is 29.3 Å². The van der Waals surface area contributed by atoms with Gasteiger partial charge in [0.25, 0.3) is 0 Å². The van der Waals surface area contributed by atoms with Crippen LogP contribution in [0.1, 0.15) is 16.8 Å². The molecule has 0 saturated carbocycles. The van der Waals surface area contributed by atoms with E-state index in [9.17, 15) is 0 Å². The fourth-order valence-electron chi connectivity index (χ4n) is 1.71. The zero-order valence-electron chi connectivity index (χ0n) is 9.96. The Morgan fingerprint density at radius 3 is 2.82 bits per heavy atom. The Morgan fingerprint density at radius 1 is 1.35 bits per heavy atom. The lowest BCUT2D eigenvalue weighted by atomic mass is 10.1. The Morgan fingerprint density at radius 2 is 2.12 bits per heavy atom. The zero-order chi connectivity index (χ0) is 12.4. The largest absolute Gasteiger partial charge is 0.330 e. The summed E-state index contributed by atoms with van der Waals surface area (Å²) in [5.41, 5.74) is 10.1. The van der Waals surface area contributed by atoms with Crippen LogP contribution in [0.4, 0.5) is 0 Å². The molecule has 0 saturated heterocycles. The van der Waals surface area contributed by atoms with Gasteiger partial charge in [0.1, 0.15) is 9.34 Å². The van der Waals surface area contributed by atoms with Crippen LogP contribution in [0.5, 0.6) is 0 Å². The number of hydrogen-bond donors (Lipinski definition) is 1. The molecule has 2 N–H and O–H groups in total. The minimum absolute atomic E-state index is 0.579. The van der Waals surface area contributed by atoms with Crippen LogP contribution < -0.4 is 5.73 Å².